The molecule has 3 rings (SSSR count). The third-order valence-corrected chi connectivity index (χ3v) is 3.07. The van der Waals surface area contributed by atoms with Crippen LogP contribution in [0.5, 0.6) is 0 Å². The van der Waals surface area contributed by atoms with Crippen LogP contribution in [0, 0.1) is 0 Å². The lowest BCUT2D eigenvalue weighted by Crippen LogP contribution is -2.63. The molecule has 0 spiro atoms. The van der Waals surface area contributed by atoms with E-state index in [-0.39, 0.29) is 0 Å². The Morgan fingerprint density at radius 3 is 2.42 bits per heavy atom. The molecule has 2 heterocycles. The predicted molar refractivity (Wildman–Crippen MR) is 47.6 cm³/mol. The maximum atomic E-state index is 8.62. The highest BCUT2D eigenvalue weighted by atomic mass is 16.4. The summed E-state index contributed by atoms with van der Waals surface area (Å²) in [4.78, 5) is 2.54. The summed E-state index contributed by atoms with van der Waals surface area (Å²) in [5.41, 5.74) is 0.994. The molecule has 3 heteroatoms. The molecule has 0 aromatic rings. The molecule has 3 fully saturated rings. The second-order valence-electron chi connectivity index (χ2n) is 4.16. The van der Waals surface area contributed by atoms with E-state index in [1.165, 1.54) is 6.42 Å². The number of rotatable bonds is 1. The van der Waals surface area contributed by atoms with Gasteiger partial charge in [0.15, 0.2) is 0 Å². The van der Waals surface area contributed by atoms with E-state index in [1.54, 1.807) is 0 Å². The van der Waals surface area contributed by atoms with Crippen LogP contribution in [0.3, 0.4) is 0 Å². The molecule has 2 aliphatic heterocycles. The minimum absolute atomic E-state index is 0.647. The van der Waals surface area contributed by atoms with Crippen LogP contribution >= 0.6 is 0 Å². The standard InChI is InChI=1S/C9H16N2O/c1-6(2)11-8-3-7(10-12)4-9(11)5-8/h6,8-9,12H,3-5H2,1-2H3. The molecule has 2 atom stereocenters. The zero-order valence-corrected chi connectivity index (χ0v) is 7.70. The fraction of sp³-hybridized carbons (Fsp3) is 0.889. The number of oxime groups is 1. The van der Waals surface area contributed by atoms with Crippen molar-refractivity contribution >= 4 is 5.71 Å². The Kier molecular flexibility index (Phi) is 1.83. The van der Waals surface area contributed by atoms with Gasteiger partial charge in [-0.25, -0.2) is 0 Å². The van der Waals surface area contributed by atoms with Crippen molar-refractivity contribution in [3.63, 3.8) is 0 Å². The van der Waals surface area contributed by atoms with E-state index in [0.29, 0.717) is 18.1 Å². The molecule has 0 radical (unpaired) electrons. The minimum atomic E-state index is 0.647. The van der Waals surface area contributed by atoms with Gasteiger partial charge in [-0.2, -0.15) is 0 Å². The molecular weight excluding hydrogens is 152 g/mol. The Morgan fingerprint density at radius 1 is 1.42 bits per heavy atom. The van der Waals surface area contributed by atoms with Crippen LogP contribution in [0.15, 0.2) is 5.16 Å². The molecule has 2 unspecified atom stereocenters. The zero-order valence-electron chi connectivity index (χ0n) is 7.70. The van der Waals surface area contributed by atoms with Gasteiger partial charge in [-0.1, -0.05) is 5.16 Å². The predicted octanol–water partition coefficient (Wildman–Crippen LogP) is 1.46. The Labute approximate surface area is 73.1 Å². The van der Waals surface area contributed by atoms with E-state index in [2.05, 4.69) is 23.9 Å². The first-order valence-electron chi connectivity index (χ1n) is 4.69. The largest absolute Gasteiger partial charge is 0.411 e. The van der Waals surface area contributed by atoms with Crippen molar-refractivity contribution in [1.82, 2.24) is 4.90 Å². The zero-order chi connectivity index (χ0) is 8.72. The van der Waals surface area contributed by atoms with Crippen LogP contribution < -0.4 is 0 Å². The second kappa shape index (κ2) is 2.73. The number of nitrogens with zero attached hydrogens (tertiary/aromatic N) is 2. The van der Waals surface area contributed by atoms with Gasteiger partial charge in [0.1, 0.15) is 0 Å². The number of hydrogen-bond donors (Lipinski definition) is 1. The average molecular weight is 168 g/mol. The van der Waals surface area contributed by atoms with Gasteiger partial charge in [0.25, 0.3) is 0 Å². The van der Waals surface area contributed by atoms with Crippen molar-refractivity contribution in [3.8, 4) is 0 Å². The van der Waals surface area contributed by atoms with Crippen molar-refractivity contribution in [1.29, 1.82) is 0 Å². The number of fused-ring (bicyclic) bond motifs is 2. The van der Waals surface area contributed by atoms with Crippen LogP contribution in [0.2, 0.25) is 0 Å². The molecule has 3 nitrogen and oxygen atoms in total. The van der Waals surface area contributed by atoms with Gasteiger partial charge in [-0.15, -0.1) is 0 Å². The van der Waals surface area contributed by atoms with E-state index < -0.39 is 0 Å². The average Bonchev–Trinajstić information content (AvgIpc) is 2.03. The fourth-order valence-corrected chi connectivity index (χ4v) is 2.65. The summed E-state index contributed by atoms with van der Waals surface area (Å²) < 4.78 is 0. The summed E-state index contributed by atoms with van der Waals surface area (Å²) in [5, 5.41) is 11.9. The molecular formula is C9H16N2O. The molecule has 1 N–H and O–H groups in total. The molecule has 0 amide bonds. The molecule has 2 saturated heterocycles. The maximum absolute atomic E-state index is 8.62. The molecule has 12 heavy (non-hydrogen) atoms. The SMILES string of the molecule is CC(C)N1C2CC(=NO)CC1C2. The Hall–Kier alpha value is -0.570. The van der Waals surface area contributed by atoms with Crippen molar-refractivity contribution in [2.45, 2.75) is 51.2 Å². The Balaban J connectivity index is 2.03. The maximum Gasteiger partial charge on any atom is 0.0602 e. The molecule has 1 aliphatic carbocycles. The molecule has 68 valence electrons. The quantitative estimate of drug-likeness (QED) is 0.475. The van der Waals surface area contributed by atoms with Crippen LogP contribution in [0.1, 0.15) is 33.1 Å². The number of hydrogen-bond acceptors (Lipinski definition) is 3. The molecule has 3 aliphatic rings. The van der Waals surface area contributed by atoms with Gasteiger partial charge in [0, 0.05) is 31.0 Å². The van der Waals surface area contributed by atoms with Crippen LogP contribution in [-0.2, 0) is 0 Å². The summed E-state index contributed by atoms with van der Waals surface area (Å²) in [5.74, 6) is 0. The lowest BCUT2D eigenvalue weighted by Gasteiger charge is -2.55. The van der Waals surface area contributed by atoms with Crippen molar-refractivity contribution < 1.29 is 5.21 Å². The van der Waals surface area contributed by atoms with E-state index in [0.717, 1.165) is 18.6 Å². The Bertz CT molecular complexity index is 199. The summed E-state index contributed by atoms with van der Waals surface area (Å²) in [6.07, 6.45) is 3.26. The fourth-order valence-electron chi connectivity index (χ4n) is 2.65. The monoisotopic (exact) mass is 168 g/mol. The van der Waals surface area contributed by atoms with Gasteiger partial charge < -0.3 is 5.21 Å². The lowest BCUT2D eigenvalue weighted by molar-refractivity contribution is -0.0195. The van der Waals surface area contributed by atoms with Crippen molar-refractivity contribution in [2.24, 2.45) is 5.16 Å². The first-order chi connectivity index (χ1) is 5.72. The van der Waals surface area contributed by atoms with Crippen LogP contribution in [0.4, 0.5) is 0 Å². The summed E-state index contributed by atoms with van der Waals surface area (Å²) in [6.45, 7) is 4.47. The highest BCUT2D eigenvalue weighted by Crippen LogP contribution is 2.38. The molecule has 2 bridgehead atoms. The van der Waals surface area contributed by atoms with Crippen LogP contribution in [0.25, 0.3) is 0 Å². The highest BCUT2D eigenvalue weighted by molar-refractivity contribution is 5.86. The van der Waals surface area contributed by atoms with Gasteiger partial charge in [-0.05, 0) is 20.3 Å². The number of piperidine rings is 1. The molecule has 1 saturated carbocycles. The van der Waals surface area contributed by atoms with Gasteiger partial charge >= 0.3 is 0 Å². The molecule has 0 aromatic heterocycles. The van der Waals surface area contributed by atoms with E-state index in [1.807, 2.05) is 0 Å². The van der Waals surface area contributed by atoms with Gasteiger partial charge in [0.2, 0.25) is 0 Å². The minimum Gasteiger partial charge on any atom is -0.411 e. The summed E-state index contributed by atoms with van der Waals surface area (Å²) >= 11 is 0. The first-order valence-corrected chi connectivity index (χ1v) is 4.69. The van der Waals surface area contributed by atoms with Gasteiger partial charge in [0.05, 0.1) is 5.71 Å². The lowest BCUT2D eigenvalue weighted by atomic mass is 9.77. The topological polar surface area (TPSA) is 35.8 Å². The first kappa shape index (κ1) is 8.05. The molecule has 0 aromatic carbocycles. The van der Waals surface area contributed by atoms with Crippen LogP contribution in [-0.4, -0.2) is 33.9 Å². The summed E-state index contributed by atoms with van der Waals surface area (Å²) in [7, 11) is 0. The van der Waals surface area contributed by atoms with Crippen molar-refractivity contribution in [2.75, 3.05) is 0 Å². The van der Waals surface area contributed by atoms with Gasteiger partial charge in [-0.3, -0.25) is 4.90 Å². The Morgan fingerprint density at radius 2 is 2.00 bits per heavy atom. The van der Waals surface area contributed by atoms with E-state index in [4.69, 9.17) is 5.21 Å². The highest BCUT2D eigenvalue weighted by Gasteiger charge is 2.44. The third kappa shape index (κ3) is 1.04. The summed E-state index contributed by atoms with van der Waals surface area (Å²) in [6, 6.07) is 1.97. The van der Waals surface area contributed by atoms with E-state index in [9.17, 15) is 0 Å². The van der Waals surface area contributed by atoms with Crippen molar-refractivity contribution in [3.05, 3.63) is 0 Å². The smallest absolute Gasteiger partial charge is 0.0602 e. The third-order valence-electron chi connectivity index (χ3n) is 3.07. The van der Waals surface area contributed by atoms with E-state index >= 15 is 0 Å². The normalized spacial score (nSPS) is 35.1. The second-order valence-corrected chi connectivity index (χ2v) is 4.16.